The standard InChI is InChI=1S/C16H30N2O3/c1-4-6-8-18(9-7-5-2)15(19)12-17-10-14(11-17)13(3)16(20)21/h13-14H,4-12H2,1-3H3,(H,20,21). The minimum atomic E-state index is -0.738. The van der Waals surface area contributed by atoms with Crippen LogP contribution in [0.4, 0.5) is 0 Å². The van der Waals surface area contributed by atoms with E-state index in [1.165, 1.54) is 0 Å². The molecule has 0 aromatic heterocycles. The fourth-order valence-corrected chi connectivity index (χ4v) is 2.61. The Hall–Kier alpha value is -1.10. The predicted molar refractivity (Wildman–Crippen MR) is 83.1 cm³/mol. The maximum absolute atomic E-state index is 12.3. The molecule has 0 aliphatic carbocycles. The van der Waals surface area contributed by atoms with Gasteiger partial charge in [0.2, 0.25) is 5.91 Å². The van der Waals surface area contributed by atoms with E-state index in [-0.39, 0.29) is 17.7 Å². The van der Waals surface area contributed by atoms with E-state index in [0.29, 0.717) is 6.54 Å². The highest BCUT2D eigenvalue weighted by Gasteiger charge is 2.35. The molecule has 0 aromatic carbocycles. The van der Waals surface area contributed by atoms with E-state index >= 15 is 0 Å². The van der Waals surface area contributed by atoms with Gasteiger partial charge in [0.15, 0.2) is 0 Å². The highest BCUT2D eigenvalue weighted by atomic mass is 16.4. The lowest BCUT2D eigenvalue weighted by atomic mass is 9.87. The van der Waals surface area contributed by atoms with Gasteiger partial charge in [-0.25, -0.2) is 0 Å². The van der Waals surface area contributed by atoms with Gasteiger partial charge >= 0.3 is 5.97 Å². The fraction of sp³-hybridized carbons (Fsp3) is 0.875. The van der Waals surface area contributed by atoms with E-state index in [0.717, 1.165) is 51.9 Å². The number of likely N-dealkylation sites (tertiary alicyclic amines) is 1. The van der Waals surface area contributed by atoms with Crippen molar-refractivity contribution >= 4 is 11.9 Å². The second-order valence-electron chi connectivity index (χ2n) is 6.17. The number of hydrogen-bond acceptors (Lipinski definition) is 3. The molecule has 1 heterocycles. The Bertz CT molecular complexity index is 332. The van der Waals surface area contributed by atoms with E-state index in [4.69, 9.17) is 5.11 Å². The van der Waals surface area contributed by atoms with Gasteiger partial charge in [0.1, 0.15) is 0 Å². The molecule has 0 radical (unpaired) electrons. The van der Waals surface area contributed by atoms with Gasteiger partial charge in [-0.15, -0.1) is 0 Å². The van der Waals surface area contributed by atoms with Crippen LogP contribution >= 0.6 is 0 Å². The van der Waals surface area contributed by atoms with E-state index in [1.807, 2.05) is 4.90 Å². The van der Waals surface area contributed by atoms with Crippen LogP contribution in [0.2, 0.25) is 0 Å². The smallest absolute Gasteiger partial charge is 0.306 e. The second kappa shape index (κ2) is 9.03. The Balaban J connectivity index is 2.35. The first kappa shape index (κ1) is 18.0. The zero-order valence-electron chi connectivity index (χ0n) is 13.7. The fourth-order valence-electron chi connectivity index (χ4n) is 2.61. The molecule has 1 rings (SSSR count). The molecule has 5 heteroatoms. The van der Waals surface area contributed by atoms with Gasteiger partial charge < -0.3 is 10.0 Å². The maximum Gasteiger partial charge on any atom is 0.306 e. The summed E-state index contributed by atoms with van der Waals surface area (Å²) in [6, 6.07) is 0. The van der Waals surface area contributed by atoms with E-state index < -0.39 is 5.97 Å². The molecule has 0 bridgehead atoms. The Kier molecular flexibility index (Phi) is 7.72. The van der Waals surface area contributed by atoms with Crippen molar-refractivity contribution in [3.63, 3.8) is 0 Å². The minimum absolute atomic E-state index is 0.190. The topological polar surface area (TPSA) is 60.9 Å². The molecule has 1 saturated heterocycles. The Morgan fingerprint density at radius 3 is 2.14 bits per heavy atom. The molecule has 1 aliphatic heterocycles. The third-order valence-corrected chi connectivity index (χ3v) is 4.36. The van der Waals surface area contributed by atoms with Crippen LogP contribution in [-0.2, 0) is 9.59 Å². The molecule has 21 heavy (non-hydrogen) atoms. The SMILES string of the molecule is CCCCN(CCCC)C(=O)CN1CC(C(C)C(=O)O)C1. The van der Waals surface area contributed by atoms with Crippen LogP contribution < -0.4 is 0 Å². The Morgan fingerprint density at radius 1 is 1.19 bits per heavy atom. The van der Waals surface area contributed by atoms with Crippen LogP contribution in [0.15, 0.2) is 0 Å². The number of carboxylic acid groups (broad SMARTS) is 1. The van der Waals surface area contributed by atoms with Crippen molar-refractivity contribution in [3.05, 3.63) is 0 Å². The number of nitrogens with zero attached hydrogens (tertiary/aromatic N) is 2. The van der Waals surface area contributed by atoms with Crippen molar-refractivity contribution in [1.29, 1.82) is 0 Å². The van der Waals surface area contributed by atoms with Gasteiger partial charge in [-0.05, 0) is 18.8 Å². The van der Waals surface area contributed by atoms with Gasteiger partial charge in [-0.1, -0.05) is 33.6 Å². The molecule has 122 valence electrons. The average Bonchev–Trinajstić information content (AvgIpc) is 2.41. The number of amides is 1. The molecule has 0 saturated carbocycles. The van der Waals surface area contributed by atoms with Crippen LogP contribution in [0.5, 0.6) is 0 Å². The van der Waals surface area contributed by atoms with E-state index in [2.05, 4.69) is 18.7 Å². The lowest BCUT2D eigenvalue weighted by molar-refractivity contribution is -0.146. The second-order valence-corrected chi connectivity index (χ2v) is 6.17. The molecular formula is C16H30N2O3. The summed E-state index contributed by atoms with van der Waals surface area (Å²) in [6.45, 7) is 9.61. The first-order valence-corrected chi connectivity index (χ1v) is 8.22. The van der Waals surface area contributed by atoms with Gasteiger partial charge in [0.05, 0.1) is 12.5 Å². The lowest BCUT2D eigenvalue weighted by Crippen LogP contribution is -2.54. The molecule has 1 N–H and O–H groups in total. The average molecular weight is 298 g/mol. The molecule has 1 aliphatic rings. The van der Waals surface area contributed by atoms with Crippen molar-refractivity contribution in [2.75, 3.05) is 32.7 Å². The molecule has 1 atom stereocenters. The van der Waals surface area contributed by atoms with Gasteiger partial charge in [0.25, 0.3) is 0 Å². The zero-order valence-corrected chi connectivity index (χ0v) is 13.7. The lowest BCUT2D eigenvalue weighted by Gasteiger charge is -2.41. The number of carbonyl (C=O) groups is 2. The summed E-state index contributed by atoms with van der Waals surface area (Å²) in [5.74, 6) is -0.667. The third-order valence-electron chi connectivity index (χ3n) is 4.36. The molecule has 5 nitrogen and oxygen atoms in total. The summed E-state index contributed by atoms with van der Waals surface area (Å²) in [5.41, 5.74) is 0. The summed E-state index contributed by atoms with van der Waals surface area (Å²) >= 11 is 0. The number of rotatable bonds is 10. The number of aliphatic carboxylic acids is 1. The Labute approximate surface area is 128 Å². The van der Waals surface area contributed by atoms with Crippen LogP contribution in [-0.4, -0.2) is 59.5 Å². The summed E-state index contributed by atoms with van der Waals surface area (Å²) in [6.07, 6.45) is 4.29. The number of unbranched alkanes of at least 4 members (excludes halogenated alkanes) is 2. The van der Waals surface area contributed by atoms with E-state index in [1.54, 1.807) is 6.92 Å². The van der Waals surface area contributed by atoms with Crippen molar-refractivity contribution < 1.29 is 14.7 Å². The largest absolute Gasteiger partial charge is 0.481 e. The normalized spacial score (nSPS) is 17.3. The number of hydrogen-bond donors (Lipinski definition) is 1. The van der Waals surface area contributed by atoms with Crippen LogP contribution in [0.3, 0.4) is 0 Å². The highest BCUT2D eigenvalue weighted by molar-refractivity contribution is 5.78. The van der Waals surface area contributed by atoms with Crippen molar-refractivity contribution in [1.82, 2.24) is 9.80 Å². The van der Waals surface area contributed by atoms with Crippen LogP contribution in [0.1, 0.15) is 46.5 Å². The van der Waals surface area contributed by atoms with Crippen LogP contribution in [0, 0.1) is 11.8 Å². The highest BCUT2D eigenvalue weighted by Crippen LogP contribution is 2.23. The molecule has 0 spiro atoms. The Morgan fingerprint density at radius 2 is 1.71 bits per heavy atom. The van der Waals surface area contributed by atoms with Crippen molar-refractivity contribution in [3.8, 4) is 0 Å². The first-order valence-electron chi connectivity index (χ1n) is 8.22. The maximum atomic E-state index is 12.3. The van der Waals surface area contributed by atoms with Crippen molar-refractivity contribution in [2.24, 2.45) is 11.8 Å². The van der Waals surface area contributed by atoms with Gasteiger partial charge in [-0.3, -0.25) is 14.5 Å². The predicted octanol–water partition coefficient (Wildman–Crippen LogP) is 2.07. The molecule has 1 unspecified atom stereocenters. The molecular weight excluding hydrogens is 268 g/mol. The molecule has 0 aromatic rings. The molecule has 1 amide bonds. The van der Waals surface area contributed by atoms with Crippen LogP contribution in [0.25, 0.3) is 0 Å². The van der Waals surface area contributed by atoms with Crippen molar-refractivity contribution in [2.45, 2.75) is 46.5 Å². The quantitative estimate of drug-likeness (QED) is 0.671. The number of carboxylic acids is 1. The van der Waals surface area contributed by atoms with Gasteiger partial charge in [0, 0.05) is 26.2 Å². The van der Waals surface area contributed by atoms with Gasteiger partial charge in [-0.2, -0.15) is 0 Å². The minimum Gasteiger partial charge on any atom is -0.481 e. The van der Waals surface area contributed by atoms with E-state index in [9.17, 15) is 9.59 Å². The monoisotopic (exact) mass is 298 g/mol. The third kappa shape index (κ3) is 5.65. The number of carbonyl (C=O) groups excluding carboxylic acids is 1. The zero-order chi connectivity index (χ0) is 15.8. The molecule has 1 fully saturated rings. The summed E-state index contributed by atoms with van der Waals surface area (Å²) in [7, 11) is 0. The first-order chi connectivity index (χ1) is 9.99. The summed E-state index contributed by atoms with van der Waals surface area (Å²) < 4.78 is 0. The summed E-state index contributed by atoms with van der Waals surface area (Å²) in [4.78, 5) is 27.3. The summed E-state index contributed by atoms with van der Waals surface area (Å²) in [5, 5.41) is 8.97.